The summed E-state index contributed by atoms with van der Waals surface area (Å²) in [5.74, 6) is 3.44. The third-order valence-corrected chi connectivity index (χ3v) is 5.58. The minimum Gasteiger partial charge on any atom is -0.497 e. The zero-order valence-corrected chi connectivity index (χ0v) is 15.9. The second-order valence-corrected chi connectivity index (χ2v) is 7.33. The van der Waals surface area contributed by atoms with Gasteiger partial charge in [-0.1, -0.05) is 12.1 Å². The van der Waals surface area contributed by atoms with E-state index >= 15 is 0 Å². The molecule has 1 aromatic carbocycles. The molecule has 27 heavy (non-hydrogen) atoms. The average molecular weight is 369 g/mol. The zero-order chi connectivity index (χ0) is 18.6. The van der Waals surface area contributed by atoms with Gasteiger partial charge in [-0.2, -0.15) is 0 Å². The Morgan fingerprint density at radius 2 is 2.11 bits per heavy atom. The number of piperidine rings is 1. The summed E-state index contributed by atoms with van der Waals surface area (Å²) in [5, 5.41) is 12.1. The maximum absolute atomic E-state index is 12.7. The first-order valence-corrected chi connectivity index (χ1v) is 9.78. The van der Waals surface area contributed by atoms with Crippen molar-refractivity contribution in [3.63, 3.8) is 0 Å². The lowest BCUT2D eigenvalue weighted by Gasteiger charge is -2.33. The molecule has 7 nitrogen and oxygen atoms in total. The highest BCUT2D eigenvalue weighted by Gasteiger charge is 2.29. The highest BCUT2D eigenvalue weighted by atomic mass is 16.5. The molecule has 0 unspecified atom stereocenters. The fraction of sp³-hybridized carbons (Fsp3) is 0.550. The average Bonchev–Trinajstić information content (AvgIpc) is 3.16. The number of hydrogen-bond acceptors (Lipinski definition) is 5. The van der Waals surface area contributed by atoms with Crippen LogP contribution in [0.1, 0.15) is 42.4 Å². The number of rotatable bonds is 5. The molecular formula is C20H27N5O2. The molecule has 1 N–H and O–H groups in total. The Hall–Kier alpha value is -2.41. The number of benzene rings is 1. The molecule has 3 heterocycles. The fourth-order valence-electron chi connectivity index (χ4n) is 4.03. The Kier molecular flexibility index (Phi) is 5.38. The minimum absolute atomic E-state index is 0.232. The molecule has 0 saturated carbocycles. The second-order valence-electron chi connectivity index (χ2n) is 7.33. The van der Waals surface area contributed by atoms with Gasteiger partial charge in [-0.25, -0.2) is 0 Å². The molecule has 0 spiro atoms. The van der Waals surface area contributed by atoms with Gasteiger partial charge in [0, 0.05) is 38.5 Å². The number of ether oxygens (including phenoxy) is 1. The first kappa shape index (κ1) is 18.0. The van der Waals surface area contributed by atoms with Crippen LogP contribution in [-0.2, 0) is 24.3 Å². The molecule has 1 fully saturated rings. The zero-order valence-electron chi connectivity index (χ0n) is 15.9. The number of methoxy groups -OCH3 is 1. The molecule has 0 aliphatic carbocycles. The third kappa shape index (κ3) is 3.98. The summed E-state index contributed by atoms with van der Waals surface area (Å²) in [6.45, 7) is 4.26. The lowest BCUT2D eigenvalue weighted by Crippen LogP contribution is -2.40. The van der Waals surface area contributed by atoms with E-state index in [1.54, 1.807) is 7.11 Å². The van der Waals surface area contributed by atoms with Gasteiger partial charge in [0.05, 0.1) is 13.7 Å². The molecule has 1 amide bonds. The number of likely N-dealkylation sites (tertiary alicyclic amines) is 1. The van der Waals surface area contributed by atoms with Gasteiger partial charge in [-0.3, -0.25) is 4.79 Å². The van der Waals surface area contributed by atoms with Gasteiger partial charge in [-0.15, -0.1) is 10.2 Å². The lowest BCUT2D eigenvalue weighted by molar-refractivity contribution is -0.132. The van der Waals surface area contributed by atoms with Crippen LogP contribution in [-0.4, -0.2) is 52.3 Å². The van der Waals surface area contributed by atoms with E-state index in [-0.39, 0.29) is 5.91 Å². The molecule has 2 aliphatic heterocycles. The topological polar surface area (TPSA) is 72.3 Å². The van der Waals surface area contributed by atoms with E-state index in [4.69, 9.17) is 4.74 Å². The standard InChI is InChI=1S/C20H27N5O2/c1-27-17-7-4-15(5-8-17)6-9-19(26)24-11-2-3-16(14-24)20-23-22-18-13-21-10-12-25(18)20/h4-5,7-8,16,21H,2-3,6,9-14H2,1H3/t16-/m0/s1. The molecule has 4 rings (SSSR count). The van der Waals surface area contributed by atoms with Crippen molar-refractivity contribution in [3.05, 3.63) is 41.5 Å². The van der Waals surface area contributed by atoms with Gasteiger partial charge < -0.3 is 19.5 Å². The first-order chi connectivity index (χ1) is 13.2. The van der Waals surface area contributed by atoms with Crippen LogP contribution < -0.4 is 10.1 Å². The third-order valence-electron chi connectivity index (χ3n) is 5.58. The predicted molar refractivity (Wildman–Crippen MR) is 102 cm³/mol. The summed E-state index contributed by atoms with van der Waals surface area (Å²) in [4.78, 5) is 14.8. The lowest BCUT2D eigenvalue weighted by atomic mass is 9.96. The van der Waals surface area contributed by atoms with Crippen molar-refractivity contribution in [1.82, 2.24) is 25.0 Å². The van der Waals surface area contributed by atoms with Crippen LogP contribution in [0.5, 0.6) is 5.75 Å². The molecule has 7 heteroatoms. The number of amides is 1. The maximum atomic E-state index is 12.7. The SMILES string of the molecule is COc1ccc(CCC(=O)N2CCC[C@H](c3nnc4n3CCNC4)C2)cc1. The van der Waals surface area contributed by atoms with E-state index in [1.165, 1.54) is 0 Å². The Morgan fingerprint density at radius 3 is 2.93 bits per heavy atom. The number of aryl methyl sites for hydroxylation is 1. The largest absolute Gasteiger partial charge is 0.497 e. The van der Waals surface area contributed by atoms with Crippen LogP contribution >= 0.6 is 0 Å². The quantitative estimate of drug-likeness (QED) is 0.869. The highest BCUT2D eigenvalue weighted by Crippen LogP contribution is 2.27. The molecule has 1 saturated heterocycles. The van der Waals surface area contributed by atoms with E-state index in [9.17, 15) is 4.79 Å². The van der Waals surface area contributed by atoms with Gasteiger partial charge >= 0.3 is 0 Å². The monoisotopic (exact) mass is 369 g/mol. The summed E-state index contributed by atoms with van der Waals surface area (Å²) in [5.41, 5.74) is 1.16. The van der Waals surface area contributed by atoms with E-state index in [0.29, 0.717) is 12.3 Å². The van der Waals surface area contributed by atoms with Crippen LogP contribution in [0.3, 0.4) is 0 Å². The number of nitrogens with zero attached hydrogens (tertiary/aromatic N) is 4. The van der Waals surface area contributed by atoms with E-state index < -0.39 is 0 Å². The van der Waals surface area contributed by atoms with Crippen LogP contribution in [0.15, 0.2) is 24.3 Å². The molecule has 1 aromatic heterocycles. The summed E-state index contributed by atoms with van der Waals surface area (Å²) in [7, 11) is 1.66. The number of nitrogens with one attached hydrogen (secondary N) is 1. The summed E-state index contributed by atoms with van der Waals surface area (Å²) in [6, 6.07) is 7.95. The van der Waals surface area contributed by atoms with Crippen molar-refractivity contribution in [2.75, 3.05) is 26.7 Å². The maximum Gasteiger partial charge on any atom is 0.222 e. The van der Waals surface area contributed by atoms with E-state index in [2.05, 4.69) is 20.1 Å². The molecule has 144 valence electrons. The number of carbonyl (C=O) groups is 1. The number of aromatic nitrogens is 3. The highest BCUT2D eigenvalue weighted by molar-refractivity contribution is 5.76. The molecule has 1 atom stereocenters. The van der Waals surface area contributed by atoms with Gasteiger partial charge in [0.25, 0.3) is 0 Å². The van der Waals surface area contributed by atoms with Gasteiger partial charge in [0.2, 0.25) is 5.91 Å². The molecule has 2 aromatic rings. The van der Waals surface area contributed by atoms with Crippen molar-refractivity contribution in [2.24, 2.45) is 0 Å². The van der Waals surface area contributed by atoms with Crippen molar-refractivity contribution in [1.29, 1.82) is 0 Å². The first-order valence-electron chi connectivity index (χ1n) is 9.78. The van der Waals surface area contributed by atoms with E-state index in [0.717, 1.165) is 74.9 Å². The van der Waals surface area contributed by atoms with Crippen molar-refractivity contribution < 1.29 is 9.53 Å². The molecule has 2 aliphatic rings. The number of fused-ring (bicyclic) bond motifs is 1. The van der Waals surface area contributed by atoms with Crippen LogP contribution in [0, 0.1) is 0 Å². The fourth-order valence-corrected chi connectivity index (χ4v) is 4.03. The normalized spacial score (nSPS) is 19.6. The number of hydrogen-bond donors (Lipinski definition) is 1. The van der Waals surface area contributed by atoms with Crippen LogP contribution in [0.2, 0.25) is 0 Å². The number of carbonyl (C=O) groups excluding carboxylic acids is 1. The Balaban J connectivity index is 1.36. The van der Waals surface area contributed by atoms with Crippen LogP contribution in [0.25, 0.3) is 0 Å². The minimum atomic E-state index is 0.232. The Morgan fingerprint density at radius 1 is 1.26 bits per heavy atom. The summed E-state index contributed by atoms with van der Waals surface area (Å²) in [6.07, 6.45) is 3.41. The van der Waals surface area contributed by atoms with Crippen LogP contribution in [0.4, 0.5) is 0 Å². The van der Waals surface area contributed by atoms with Gasteiger partial charge in [0.15, 0.2) is 0 Å². The van der Waals surface area contributed by atoms with E-state index in [1.807, 2.05) is 29.2 Å². The van der Waals surface area contributed by atoms with Gasteiger partial charge in [0.1, 0.15) is 17.4 Å². The summed E-state index contributed by atoms with van der Waals surface area (Å²) < 4.78 is 7.43. The molecule has 0 radical (unpaired) electrons. The smallest absolute Gasteiger partial charge is 0.222 e. The molecule has 0 bridgehead atoms. The van der Waals surface area contributed by atoms with Crippen molar-refractivity contribution in [3.8, 4) is 5.75 Å². The van der Waals surface area contributed by atoms with Gasteiger partial charge in [-0.05, 0) is 37.0 Å². The Bertz CT molecular complexity index is 786. The van der Waals surface area contributed by atoms with Crippen molar-refractivity contribution in [2.45, 2.75) is 44.7 Å². The predicted octanol–water partition coefficient (Wildman–Crippen LogP) is 1.73. The Labute approximate surface area is 159 Å². The molecular weight excluding hydrogens is 342 g/mol. The van der Waals surface area contributed by atoms with Crippen molar-refractivity contribution >= 4 is 5.91 Å². The second kappa shape index (κ2) is 8.08. The summed E-state index contributed by atoms with van der Waals surface area (Å²) >= 11 is 0.